The van der Waals surface area contributed by atoms with Crippen molar-refractivity contribution < 1.29 is 9.59 Å². The van der Waals surface area contributed by atoms with Crippen LogP contribution in [0.15, 0.2) is 29.2 Å². The number of rotatable bonds is 4. The molecule has 0 spiro atoms. The summed E-state index contributed by atoms with van der Waals surface area (Å²) >= 11 is 1.56. The highest BCUT2D eigenvalue weighted by Gasteiger charge is 2.33. The van der Waals surface area contributed by atoms with Crippen LogP contribution in [0.2, 0.25) is 0 Å². The number of nitrogens with zero attached hydrogens (tertiary/aromatic N) is 2. The number of thioether (sulfide) groups is 1. The van der Waals surface area contributed by atoms with Gasteiger partial charge in [-0.3, -0.25) is 9.59 Å². The quantitative estimate of drug-likeness (QED) is 0.855. The minimum Gasteiger partial charge on any atom is -0.336 e. The van der Waals surface area contributed by atoms with Gasteiger partial charge in [0.1, 0.15) is 6.54 Å². The first-order chi connectivity index (χ1) is 10.3. The standard InChI is InChI=1S/C17H24N2O2S/c1-11(2)19(12(3)4)16(20)10-18-14-8-6-7-9-15(14)22-13(5)17(18)21/h6-9,11-13H,10H2,1-5H3/t13-/m0/s1. The van der Waals surface area contributed by atoms with Gasteiger partial charge >= 0.3 is 0 Å². The normalized spacial score (nSPS) is 17.9. The number of para-hydroxylation sites is 1. The van der Waals surface area contributed by atoms with Gasteiger partial charge in [-0.1, -0.05) is 12.1 Å². The molecule has 22 heavy (non-hydrogen) atoms. The first kappa shape index (κ1) is 16.9. The van der Waals surface area contributed by atoms with Crippen molar-refractivity contribution in [3.05, 3.63) is 24.3 Å². The SMILES string of the molecule is CC(C)N(C(=O)CN1C(=O)[C@H](C)Sc2ccccc21)C(C)C. The van der Waals surface area contributed by atoms with E-state index in [4.69, 9.17) is 0 Å². The van der Waals surface area contributed by atoms with Crippen LogP contribution in [-0.4, -0.2) is 40.6 Å². The molecular formula is C17H24N2O2S. The zero-order valence-corrected chi connectivity index (χ0v) is 14.7. The number of benzene rings is 1. The lowest BCUT2D eigenvalue weighted by Gasteiger charge is -2.36. The van der Waals surface area contributed by atoms with E-state index in [-0.39, 0.29) is 35.7 Å². The third-order valence-corrected chi connectivity index (χ3v) is 4.92. The molecule has 1 aromatic rings. The van der Waals surface area contributed by atoms with Gasteiger partial charge in [0.25, 0.3) is 0 Å². The first-order valence-corrected chi connectivity index (χ1v) is 8.59. The Labute approximate surface area is 136 Å². The summed E-state index contributed by atoms with van der Waals surface area (Å²) < 4.78 is 0. The van der Waals surface area contributed by atoms with E-state index in [2.05, 4.69) is 0 Å². The van der Waals surface area contributed by atoms with Crippen molar-refractivity contribution >= 4 is 29.3 Å². The highest BCUT2D eigenvalue weighted by Crippen LogP contribution is 2.38. The molecule has 120 valence electrons. The summed E-state index contributed by atoms with van der Waals surface area (Å²) in [6.45, 7) is 10.0. The van der Waals surface area contributed by atoms with Crippen LogP contribution in [0.4, 0.5) is 5.69 Å². The van der Waals surface area contributed by atoms with E-state index in [1.54, 1.807) is 16.7 Å². The molecule has 0 bridgehead atoms. The molecule has 1 heterocycles. The van der Waals surface area contributed by atoms with Crippen LogP contribution in [0.1, 0.15) is 34.6 Å². The Hall–Kier alpha value is -1.49. The lowest BCUT2D eigenvalue weighted by Crippen LogP contribution is -2.50. The maximum atomic E-state index is 12.7. The van der Waals surface area contributed by atoms with Gasteiger partial charge in [0.2, 0.25) is 11.8 Å². The number of hydrogen-bond acceptors (Lipinski definition) is 3. The van der Waals surface area contributed by atoms with E-state index in [1.807, 2.05) is 63.8 Å². The fourth-order valence-corrected chi connectivity index (χ4v) is 3.98. The van der Waals surface area contributed by atoms with Crippen molar-refractivity contribution in [2.75, 3.05) is 11.4 Å². The molecule has 0 aliphatic carbocycles. The van der Waals surface area contributed by atoms with Gasteiger partial charge in [-0.15, -0.1) is 11.8 Å². The number of fused-ring (bicyclic) bond motifs is 1. The predicted molar refractivity (Wildman–Crippen MR) is 91.2 cm³/mol. The molecule has 1 aliphatic rings. The third-order valence-electron chi connectivity index (χ3n) is 3.77. The van der Waals surface area contributed by atoms with Crippen LogP contribution in [0.5, 0.6) is 0 Å². The Kier molecular flexibility index (Phi) is 5.16. The lowest BCUT2D eigenvalue weighted by atomic mass is 10.2. The van der Waals surface area contributed by atoms with Gasteiger partial charge in [-0.05, 0) is 46.8 Å². The molecule has 1 aliphatic heterocycles. The highest BCUT2D eigenvalue weighted by atomic mass is 32.2. The highest BCUT2D eigenvalue weighted by molar-refractivity contribution is 8.00. The first-order valence-electron chi connectivity index (χ1n) is 7.71. The fraction of sp³-hybridized carbons (Fsp3) is 0.529. The van der Waals surface area contributed by atoms with Crippen LogP contribution in [-0.2, 0) is 9.59 Å². The van der Waals surface area contributed by atoms with Gasteiger partial charge in [-0.25, -0.2) is 0 Å². The summed E-state index contributed by atoms with van der Waals surface area (Å²) in [6.07, 6.45) is 0. The topological polar surface area (TPSA) is 40.6 Å². The number of carbonyl (C=O) groups is 2. The second kappa shape index (κ2) is 6.73. The molecule has 2 amide bonds. The molecule has 0 fully saturated rings. The molecule has 0 N–H and O–H groups in total. The molecule has 0 unspecified atom stereocenters. The molecule has 0 radical (unpaired) electrons. The summed E-state index contributed by atoms with van der Waals surface area (Å²) in [5.41, 5.74) is 0.844. The Bertz CT molecular complexity index is 564. The van der Waals surface area contributed by atoms with E-state index in [0.29, 0.717) is 0 Å². The Morgan fingerprint density at radius 3 is 2.41 bits per heavy atom. The van der Waals surface area contributed by atoms with Crippen molar-refractivity contribution in [3.63, 3.8) is 0 Å². The molecule has 0 saturated heterocycles. The summed E-state index contributed by atoms with van der Waals surface area (Å²) in [5, 5.41) is -0.158. The predicted octanol–water partition coefficient (Wildman–Crippen LogP) is 3.16. The molecule has 5 heteroatoms. The van der Waals surface area contributed by atoms with Crippen LogP contribution >= 0.6 is 11.8 Å². The van der Waals surface area contributed by atoms with E-state index in [1.165, 1.54) is 0 Å². The molecule has 0 saturated carbocycles. The maximum Gasteiger partial charge on any atom is 0.243 e. The Morgan fingerprint density at radius 1 is 1.23 bits per heavy atom. The van der Waals surface area contributed by atoms with Crippen LogP contribution < -0.4 is 4.90 Å². The zero-order chi connectivity index (χ0) is 16.4. The molecule has 0 aromatic heterocycles. The minimum atomic E-state index is -0.158. The van der Waals surface area contributed by atoms with Crippen molar-refractivity contribution in [2.24, 2.45) is 0 Å². The Morgan fingerprint density at radius 2 is 1.82 bits per heavy atom. The second-order valence-electron chi connectivity index (χ2n) is 6.14. The molecule has 4 nitrogen and oxygen atoms in total. The van der Waals surface area contributed by atoms with Gasteiger partial charge < -0.3 is 9.80 Å². The molecular weight excluding hydrogens is 296 g/mol. The summed E-state index contributed by atoms with van der Waals surface area (Å²) in [7, 11) is 0. The van der Waals surface area contributed by atoms with Crippen molar-refractivity contribution in [1.82, 2.24) is 4.90 Å². The summed E-state index contributed by atoms with van der Waals surface area (Å²) in [6, 6.07) is 8.02. The number of hydrogen-bond donors (Lipinski definition) is 0. The largest absolute Gasteiger partial charge is 0.336 e. The smallest absolute Gasteiger partial charge is 0.243 e. The van der Waals surface area contributed by atoms with Gasteiger partial charge in [0.05, 0.1) is 10.9 Å². The molecule has 1 aromatic carbocycles. The monoisotopic (exact) mass is 320 g/mol. The summed E-state index contributed by atoms with van der Waals surface area (Å²) in [4.78, 5) is 29.7. The minimum absolute atomic E-state index is 0.00418. The molecule has 1 atom stereocenters. The number of anilines is 1. The Balaban J connectivity index is 2.28. The average Bonchev–Trinajstić information content (AvgIpc) is 2.43. The van der Waals surface area contributed by atoms with E-state index in [0.717, 1.165) is 10.6 Å². The van der Waals surface area contributed by atoms with E-state index < -0.39 is 0 Å². The van der Waals surface area contributed by atoms with Gasteiger partial charge in [0, 0.05) is 17.0 Å². The maximum absolute atomic E-state index is 12.7. The lowest BCUT2D eigenvalue weighted by molar-refractivity contribution is -0.134. The van der Waals surface area contributed by atoms with E-state index >= 15 is 0 Å². The third kappa shape index (κ3) is 3.29. The van der Waals surface area contributed by atoms with Crippen molar-refractivity contribution in [3.8, 4) is 0 Å². The second-order valence-corrected chi connectivity index (χ2v) is 7.52. The van der Waals surface area contributed by atoms with Crippen LogP contribution in [0.3, 0.4) is 0 Å². The van der Waals surface area contributed by atoms with E-state index in [9.17, 15) is 9.59 Å². The van der Waals surface area contributed by atoms with Crippen LogP contribution in [0.25, 0.3) is 0 Å². The van der Waals surface area contributed by atoms with Crippen LogP contribution in [0, 0.1) is 0 Å². The van der Waals surface area contributed by atoms with Gasteiger partial charge in [-0.2, -0.15) is 0 Å². The summed E-state index contributed by atoms with van der Waals surface area (Å²) in [5.74, 6) is -0.00300. The average molecular weight is 320 g/mol. The van der Waals surface area contributed by atoms with Gasteiger partial charge in [0.15, 0.2) is 0 Å². The molecule has 2 rings (SSSR count). The van der Waals surface area contributed by atoms with Crippen molar-refractivity contribution in [2.45, 2.75) is 56.8 Å². The fourth-order valence-electron chi connectivity index (χ4n) is 2.91. The number of carbonyl (C=O) groups excluding carboxylic acids is 2. The zero-order valence-electron chi connectivity index (χ0n) is 13.9. The van der Waals surface area contributed by atoms with Crippen molar-refractivity contribution in [1.29, 1.82) is 0 Å². The number of amides is 2.